The molecule has 0 radical (unpaired) electrons. The molecule has 1 heterocycles. The van der Waals surface area contributed by atoms with Gasteiger partial charge in [-0.3, -0.25) is 4.79 Å². The van der Waals surface area contributed by atoms with Crippen LogP contribution in [0.1, 0.15) is 24.2 Å². The van der Waals surface area contributed by atoms with E-state index >= 15 is 0 Å². The molecule has 1 aliphatic heterocycles. The van der Waals surface area contributed by atoms with Gasteiger partial charge >= 0.3 is 0 Å². The molecule has 2 aromatic carbocycles. The molecule has 1 fully saturated rings. The first-order chi connectivity index (χ1) is 14.5. The molecule has 8 nitrogen and oxygen atoms in total. The Hall–Kier alpha value is -2.62. The maximum absolute atomic E-state index is 12.7. The second-order valence-electron chi connectivity index (χ2n) is 6.52. The van der Waals surface area contributed by atoms with Gasteiger partial charge in [0.25, 0.3) is 5.91 Å². The minimum atomic E-state index is -3.60. The van der Waals surface area contributed by atoms with E-state index in [1.165, 1.54) is 28.6 Å². The fraction of sp³-hybridized carbons (Fsp3) is 0.381. The van der Waals surface area contributed by atoms with Gasteiger partial charge in [0.05, 0.1) is 37.0 Å². The second-order valence-corrected chi connectivity index (χ2v) is 8.46. The summed E-state index contributed by atoms with van der Waals surface area (Å²) in [6.07, 6.45) is 0. The largest absolute Gasteiger partial charge is 0.494 e. The number of benzene rings is 2. The van der Waals surface area contributed by atoms with E-state index in [0.29, 0.717) is 62.3 Å². The van der Waals surface area contributed by atoms with Crippen LogP contribution in [-0.2, 0) is 14.8 Å². The molecule has 162 valence electrons. The van der Waals surface area contributed by atoms with E-state index < -0.39 is 10.0 Å². The predicted octanol–water partition coefficient (Wildman–Crippen LogP) is 2.76. The fourth-order valence-electron chi connectivity index (χ4n) is 3.05. The molecular formula is C21H26N2O6S. The molecule has 0 spiro atoms. The summed E-state index contributed by atoms with van der Waals surface area (Å²) >= 11 is 0. The average Bonchev–Trinajstić information content (AvgIpc) is 2.76. The van der Waals surface area contributed by atoms with Crippen molar-refractivity contribution in [2.75, 3.05) is 44.8 Å². The summed E-state index contributed by atoms with van der Waals surface area (Å²) in [5.74, 6) is 0.768. The van der Waals surface area contributed by atoms with Crippen molar-refractivity contribution < 1.29 is 27.4 Å². The molecule has 1 aliphatic rings. The topological polar surface area (TPSA) is 94.2 Å². The third-order valence-electron chi connectivity index (χ3n) is 4.53. The lowest BCUT2D eigenvalue weighted by Crippen LogP contribution is -2.40. The molecule has 0 atom stereocenters. The van der Waals surface area contributed by atoms with Gasteiger partial charge in [-0.1, -0.05) is 0 Å². The van der Waals surface area contributed by atoms with Gasteiger partial charge in [-0.05, 0) is 50.2 Å². The SMILES string of the molecule is CCOc1ccc(OCC)c(NC(=O)c2ccc(S(=O)(=O)N3CCOCC3)cc2)c1. The zero-order valence-electron chi connectivity index (χ0n) is 17.1. The summed E-state index contributed by atoms with van der Waals surface area (Å²) in [6.45, 7) is 6.08. The van der Waals surface area contributed by atoms with E-state index in [4.69, 9.17) is 14.2 Å². The Morgan fingerprint density at radius 1 is 1.03 bits per heavy atom. The predicted molar refractivity (Wildman–Crippen MR) is 113 cm³/mol. The van der Waals surface area contributed by atoms with Crippen LogP contribution < -0.4 is 14.8 Å². The van der Waals surface area contributed by atoms with E-state index in [-0.39, 0.29) is 10.8 Å². The number of carbonyl (C=O) groups excluding carboxylic acids is 1. The summed E-state index contributed by atoms with van der Waals surface area (Å²) in [4.78, 5) is 12.9. The monoisotopic (exact) mass is 434 g/mol. The Labute approximate surface area is 176 Å². The van der Waals surface area contributed by atoms with Crippen LogP contribution in [0.4, 0.5) is 5.69 Å². The highest BCUT2D eigenvalue weighted by Crippen LogP contribution is 2.30. The van der Waals surface area contributed by atoms with Crippen molar-refractivity contribution in [3.8, 4) is 11.5 Å². The lowest BCUT2D eigenvalue weighted by molar-refractivity contribution is 0.0730. The van der Waals surface area contributed by atoms with Crippen LogP contribution in [0, 0.1) is 0 Å². The van der Waals surface area contributed by atoms with Gasteiger partial charge in [0.2, 0.25) is 10.0 Å². The van der Waals surface area contributed by atoms with Crippen molar-refractivity contribution in [3.63, 3.8) is 0 Å². The molecule has 30 heavy (non-hydrogen) atoms. The molecule has 1 N–H and O–H groups in total. The zero-order valence-corrected chi connectivity index (χ0v) is 17.9. The summed E-state index contributed by atoms with van der Waals surface area (Å²) in [5.41, 5.74) is 0.818. The van der Waals surface area contributed by atoms with Gasteiger partial charge < -0.3 is 19.5 Å². The third kappa shape index (κ3) is 5.10. The van der Waals surface area contributed by atoms with Gasteiger partial charge in [-0.15, -0.1) is 0 Å². The molecule has 2 aromatic rings. The van der Waals surface area contributed by atoms with Crippen LogP contribution in [0.3, 0.4) is 0 Å². The molecule has 0 unspecified atom stereocenters. The van der Waals surface area contributed by atoms with Gasteiger partial charge in [-0.2, -0.15) is 4.31 Å². The first-order valence-corrected chi connectivity index (χ1v) is 11.3. The Bertz CT molecular complexity index is 969. The molecule has 1 amide bonds. The smallest absolute Gasteiger partial charge is 0.255 e. The van der Waals surface area contributed by atoms with Gasteiger partial charge in [-0.25, -0.2) is 8.42 Å². The number of hydrogen-bond acceptors (Lipinski definition) is 6. The summed E-state index contributed by atoms with van der Waals surface area (Å²) < 4.78 is 43.1. The minimum absolute atomic E-state index is 0.147. The van der Waals surface area contributed by atoms with Crippen molar-refractivity contribution in [2.45, 2.75) is 18.7 Å². The maximum atomic E-state index is 12.7. The minimum Gasteiger partial charge on any atom is -0.494 e. The number of hydrogen-bond donors (Lipinski definition) is 1. The van der Waals surface area contributed by atoms with Gasteiger partial charge in [0.1, 0.15) is 11.5 Å². The summed E-state index contributed by atoms with van der Waals surface area (Å²) in [7, 11) is -3.60. The molecule has 0 aromatic heterocycles. The van der Waals surface area contributed by atoms with E-state index in [1.807, 2.05) is 13.8 Å². The normalized spacial score (nSPS) is 14.9. The van der Waals surface area contributed by atoms with Crippen molar-refractivity contribution in [3.05, 3.63) is 48.0 Å². The summed E-state index contributed by atoms with van der Waals surface area (Å²) in [5, 5.41) is 2.81. The molecule has 0 aliphatic carbocycles. The van der Waals surface area contributed by atoms with Crippen LogP contribution in [0.2, 0.25) is 0 Å². The Morgan fingerprint density at radius 3 is 2.33 bits per heavy atom. The number of carbonyl (C=O) groups is 1. The van der Waals surface area contributed by atoms with E-state index in [0.717, 1.165) is 0 Å². The van der Waals surface area contributed by atoms with Crippen LogP contribution in [0.15, 0.2) is 47.4 Å². The highest BCUT2D eigenvalue weighted by molar-refractivity contribution is 7.89. The molecular weight excluding hydrogens is 408 g/mol. The van der Waals surface area contributed by atoms with Crippen LogP contribution in [-0.4, -0.2) is 58.1 Å². The van der Waals surface area contributed by atoms with Crippen molar-refractivity contribution in [2.24, 2.45) is 0 Å². The Balaban J connectivity index is 1.77. The first-order valence-electron chi connectivity index (χ1n) is 9.84. The van der Waals surface area contributed by atoms with E-state index in [9.17, 15) is 13.2 Å². The number of anilines is 1. The highest BCUT2D eigenvalue weighted by atomic mass is 32.2. The fourth-order valence-corrected chi connectivity index (χ4v) is 4.46. The standard InChI is InChI=1S/C21H26N2O6S/c1-3-28-17-7-10-20(29-4-2)19(15-17)22-21(24)16-5-8-18(9-6-16)30(25,26)23-11-13-27-14-12-23/h5-10,15H,3-4,11-14H2,1-2H3,(H,22,24). The second kappa shape index (κ2) is 9.92. The Morgan fingerprint density at radius 2 is 1.70 bits per heavy atom. The van der Waals surface area contributed by atoms with Gasteiger partial charge in [0.15, 0.2) is 0 Å². The maximum Gasteiger partial charge on any atom is 0.255 e. The molecule has 0 bridgehead atoms. The number of nitrogens with zero attached hydrogens (tertiary/aromatic N) is 1. The molecule has 0 saturated carbocycles. The zero-order chi connectivity index (χ0) is 21.6. The number of ether oxygens (including phenoxy) is 3. The highest BCUT2D eigenvalue weighted by Gasteiger charge is 2.26. The van der Waals surface area contributed by atoms with Crippen LogP contribution in [0.5, 0.6) is 11.5 Å². The van der Waals surface area contributed by atoms with E-state index in [2.05, 4.69) is 5.32 Å². The van der Waals surface area contributed by atoms with E-state index in [1.54, 1.807) is 18.2 Å². The number of amides is 1. The number of nitrogens with one attached hydrogen (secondary N) is 1. The third-order valence-corrected chi connectivity index (χ3v) is 6.45. The lowest BCUT2D eigenvalue weighted by atomic mass is 10.2. The molecule has 9 heteroatoms. The summed E-state index contributed by atoms with van der Waals surface area (Å²) in [6, 6.07) is 11.1. The van der Waals surface area contributed by atoms with Crippen LogP contribution in [0.25, 0.3) is 0 Å². The van der Waals surface area contributed by atoms with Gasteiger partial charge in [0, 0.05) is 24.7 Å². The lowest BCUT2D eigenvalue weighted by Gasteiger charge is -2.26. The van der Waals surface area contributed by atoms with Crippen molar-refractivity contribution in [1.29, 1.82) is 0 Å². The number of rotatable bonds is 8. The molecule has 3 rings (SSSR count). The first kappa shape index (κ1) is 22.1. The number of morpholine rings is 1. The Kier molecular flexibility index (Phi) is 7.30. The quantitative estimate of drug-likeness (QED) is 0.687. The average molecular weight is 435 g/mol. The number of sulfonamides is 1. The van der Waals surface area contributed by atoms with Crippen LogP contribution >= 0.6 is 0 Å². The van der Waals surface area contributed by atoms with Crippen molar-refractivity contribution >= 4 is 21.6 Å². The molecule has 1 saturated heterocycles. The van der Waals surface area contributed by atoms with Crippen molar-refractivity contribution in [1.82, 2.24) is 4.31 Å².